The highest BCUT2D eigenvalue weighted by Crippen LogP contribution is 2.46. The van der Waals surface area contributed by atoms with Gasteiger partial charge in [0.1, 0.15) is 24.7 Å². The molecule has 2 atom stereocenters. The van der Waals surface area contributed by atoms with Crippen molar-refractivity contribution in [3.8, 4) is 11.5 Å². The van der Waals surface area contributed by atoms with Gasteiger partial charge < -0.3 is 28.4 Å². The lowest BCUT2D eigenvalue weighted by molar-refractivity contribution is -0.148. The van der Waals surface area contributed by atoms with Gasteiger partial charge in [0.05, 0.1) is 13.2 Å². The molecule has 0 saturated carbocycles. The Morgan fingerprint density at radius 2 is 0.818 bits per heavy atom. The quantitative estimate of drug-likeness (QED) is 0.0311. The molecular weight excluding hydrogens is 977 g/mol. The lowest BCUT2D eigenvalue weighted by Gasteiger charge is -2.27. The van der Waals surface area contributed by atoms with E-state index in [-0.39, 0.29) is 26.4 Å². The number of rotatable bonds is 50. The summed E-state index contributed by atoms with van der Waals surface area (Å²) in [4.78, 5) is 27.6. The Hall–Kier alpha value is -4.05. The van der Waals surface area contributed by atoms with Gasteiger partial charge in [0, 0.05) is 58.6 Å². The van der Waals surface area contributed by atoms with E-state index in [0.29, 0.717) is 26.1 Å². The van der Waals surface area contributed by atoms with Crippen LogP contribution in [0.2, 0.25) is 0 Å². The van der Waals surface area contributed by atoms with Gasteiger partial charge >= 0.3 is 11.9 Å². The van der Waals surface area contributed by atoms with E-state index in [4.69, 9.17) is 28.4 Å². The Bertz CT molecular complexity index is 2050. The van der Waals surface area contributed by atoms with Crippen LogP contribution in [0.1, 0.15) is 230 Å². The molecule has 0 heterocycles. The second kappa shape index (κ2) is 43.8. The van der Waals surface area contributed by atoms with Crippen LogP contribution in [0.4, 0.5) is 0 Å². The Kier molecular flexibility index (Phi) is 37.2. The summed E-state index contributed by atoms with van der Waals surface area (Å²) in [6.45, 7) is 13.7. The summed E-state index contributed by atoms with van der Waals surface area (Å²) >= 11 is 1.75. The zero-order chi connectivity index (χ0) is 54.6. The van der Waals surface area contributed by atoms with Gasteiger partial charge in [-0.2, -0.15) is 0 Å². The molecule has 0 N–H and O–H groups in total. The first kappa shape index (κ1) is 65.5. The van der Waals surface area contributed by atoms with Crippen molar-refractivity contribution in [2.45, 2.75) is 249 Å². The van der Waals surface area contributed by atoms with Crippen molar-refractivity contribution in [3.63, 3.8) is 0 Å². The number of carbonyl (C=O) groups excluding carboxylic acids is 2. The summed E-state index contributed by atoms with van der Waals surface area (Å²) in [7, 11) is 0. The topological polar surface area (TPSA) is 89.5 Å². The second-order valence-electron chi connectivity index (χ2n) is 21.5. The number of esters is 2. The van der Waals surface area contributed by atoms with E-state index in [1.165, 1.54) is 197 Å². The van der Waals surface area contributed by atoms with E-state index >= 15 is 0 Å². The Labute approximate surface area is 472 Å². The average Bonchev–Trinajstić information content (AvgIpc) is 3.45. The third-order valence-electron chi connectivity index (χ3n) is 14.8. The lowest BCUT2D eigenvalue weighted by atomic mass is 9.90. The first-order chi connectivity index (χ1) is 38.0. The molecule has 0 fully saturated rings. The van der Waals surface area contributed by atoms with Crippen molar-refractivity contribution >= 4 is 34.5 Å². The number of ether oxygens (including phenoxy) is 6. The van der Waals surface area contributed by atoms with E-state index in [2.05, 4.69) is 63.4 Å². The van der Waals surface area contributed by atoms with E-state index in [0.717, 1.165) is 64.0 Å². The summed E-state index contributed by atoms with van der Waals surface area (Å²) in [5, 5.41) is 1.77. The number of unbranched alkanes of at least 4 members (excludes halogenated alkanes) is 30. The van der Waals surface area contributed by atoms with Crippen molar-refractivity contribution in [2.24, 2.45) is 0 Å². The number of allylic oxidation sites excluding steroid dienone is 2. The van der Waals surface area contributed by atoms with Crippen LogP contribution < -0.4 is 9.47 Å². The number of fused-ring (bicyclic) bond motifs is 2. The highest BCUT2D eigenvalue weighted by atomic mass is 32.2. The fourth-order valence-electron chi connectivity index (χ4n) is 10.3. The van der Waals surface area contributed by atoms with Gasteiger partial charge in [-0.05, 0) is 36.3 Å². The van der Waals surface area contributed by atoms with Crippen molar-refractivity contribution in [3.05, 3.63) is 102 Å². The highest BCUT2D eigenvalue weighted by Gasteiger charge is 2.27. The zero-order valence-electron chi connectivity index (χ0n) is 48.5. The summed E-state index contributed by atoms with van der Waals surface area (Å²) in [6, 6.07) is 18.5. The van der Waals surface area contributed by atoms with Gasteiger partial charge in [-0.1, -0.05) is 280 Å². The molecule has 3 aromatic rings. The average molecular weight is 1080 g/mol. The van der Waals surface area contributed by atoms with Crippen molar-refractivity contribution in [1.29, 1.82) is 0 Å². The maximum Gasteiger partial charge on any atom is 0.330 e. The number of benzene rings is 3. The molecule has 1 aliphatic rings. The minimum atomic E-state index is -0.635. The van der Waals surface area contributed by atoms with Gasteiger partial charge in [-0.15, -0.1) is 0 Å². The first-order valence-corrected chi connectivity index (χ1v) is 31.8. The van der Waals surface area contributed by atoms with Crippen molar-refractivity contribution < 1.29 is 38.0 Å². The van der Waals surface area contributed by atoms with Crippen LogP contribution in [0.3, 0.4) is 0 Å². The van der Waals surface area contributed by atoms with Crippen LogP contribution in [0.15, 0.2) is 95.8 Å². The van der Waals surface area contributed by atoms with Gasteiger partial charge in [-0.3, -0.25) is 0 Å². The molecular formula is C68H104O8S. The number of hydrogen-bond donors (Lipinski definition) is 0. The van der Waals surface area contributed by atoms with Crippen LogP contribution in [0.5, 0.6) is 11.5 Å². The van der Waals surface area contributed by atoms with Crippen LogP contribution >= 0.6 is 11.8 Å². The predicted molar refractivity (Wildman–Crippen MR) is 324 cm³/mol. The maximum atomic E-state index is 12.6. The van der Waals surface area contributed by atoms with Crippen LogP contribution in [-0.4, -0.2) is 63.8 Å². The fourth-order valence-corrected chi connectivity index (χ4v) is 11.3. The maximum absolute atomic E-state index is 12.6. The largest absolute Gasteiger partial charge is 0.489 e. The summed E-state index contributed by atoms with van der Waals surface area (Å²) < 4.78 is 37.5. The van der Waals surface area contributed by atoms with Crippen LogP contribution in [-0.2, 0) is 41.4 Å². The zero-order valence-corrected chi connectivity index (χ0v) is 49.3. The molecule has 4 rings (SSSR count). The fraction of sp³-hybridized carbons (Fsp3) is 0.647. The standard InChI is InChI=1S/C68H104O8S/c1-5-9-11-13-15-17-19-21-23-25-27-29-31-33-35-42-50-71-53-57(75-65(69)7-3)55-73-67-61-46-40-41-47-62(61)68(64-52-60(48-49-63(64)67)77-59-44-38-37-39-45-59)74-56-58(76-66(70)8-4)54-72-51-43-36-34-32-30-28-26-24-22-20-18-16-14-12-10-6-2/h7-8,37-41,44-48,57-58H,3-6,9-36,42-43,49-56H2,1-2H3. The van der Waals surface area contributed by atoms with Gasteiger partial charge in [0.15, 0.2) is 12.2 Å². The molecule has 0 aliphatic heterocycles. The van der Waals surface area contributed by atoms with Crippen LogP contribution in [0, 0.1) is 0 Å². The molecule has 0 bridgehead atoms. The minimum Gasteiger partial charge on any atom is -0.489 e. The lowest BCUT2D eigenvalue weighted by Crippen LogP contribution is -2.30. The Morgan fingerprint density at radius 1 is 0.468 bits per heavy atom. The molecule has 77 heavy (non-hydrogen) atoms. The summed E-state index contributed by atoms with van der Waals surface area (Å²) in [5.41, 5.74) is 2.03. The van der Waals surface area contributed by atoms with Gasteiger partial charge in [0.25, 0.3) is 0 Å². The molecule has 0 aromatic heterocycles. The molecule has 1 aliphatic carbocycles. The van der Waals surface area contributed by atoms with Crippen molar-refractivity contribution in [1.82, 2.24) is 0 Å². The second-order valence-corrected chi connectivity index (χ2v) is 22.7. The van der Waals surface area contributed by atoms with Gasteiger partial charge in [0.2, 0.25) is 0 Å². The first-order valence-electron chi connectivity index (χ1n) is 31.0. The molecule has 2 unspecified atom stereocenters. The number of hydrogen-bond acceptors (Lipinski definition) is 9. The third kappa shape index (κ3) is 29.1. The Morgan fingerprint density at radius 3 is 1.19 bits per heavy atom. The molecule has 3 aromatic carbocycles. The monoisotopic (exact) mass is 1080 g/mol. The van der Waals surface area contributed by atoms with Crippen LogP contribution in [0.25, 0.3) is 10.8 Å². The van der Waals surface area contributed by atoms with E-state index in [9.17, 15) is 9.59 Å². The predicted octanol–water partition coefficient (Wildman–Crippen LogP) is 19.1. The molecule has 0 saturated heterocycles. The molecule has 0 spiro atoms. The van der Waals surface area contributed by atoms with E-state index < -0.39 is 24.1 Å². The Balaban J connectivity index is 1.30. The third-order valence-corrected chi connectivity index (χ3v) is 15.9. The smallest absolute Gasteiger partial charge is 0.330 e. The molecule has 9 heteroatoms. The van der Waals surface area contributed by atoms with E-state index in [1.54, 1.807) is 11.8 Å². The number of thioether (sulfide) groups is 1. The van der Waals surface area contributed by atoms with Gasteiger partial charge in [-0.25, -0.2) is 9.59 Å². The summed E-state index contributed by atoms with van der Waals surface area (Å²) in [5.74, 6) is 0.450. The molecule has 0 radical (unpaired) electrons. The SMILES string of the molecule is C=CC(=O)OC(COCCCCCCCCCCCCCCCCCC)COc1c2c(c(OCC(COCCCCCCCCCCCCCCCCCC)OC(=O)C=C)c3ccccc13)CC(Sc1ccccc1)=CC2. The number of carbonyl (C=O) groups is 2. The summed E-state index contributed by atoms with van der Waals surface area (Å²) in [6.07, 6.45) is 46.8. The highest BCUT2D eigenvalue weighted by molar-refractivity contribution is 8.03. The van der Waals surface area contributed by atoms with Crippen molar-refractivity contribution in [2.75, 3.05) is 39.6 Å². The van der Waals surface area contributed by atoms with E-state index in [1.807, 2.05) is 24.3 Å². The molecule has 8 nitrogen and oxygen atoms in total. The normalized spacial score (nSPS) is 12.9. The molecule has 430 valence electrons. The molecule has 0 amide bonds. The minimum absolute atomic E-state index is 0.108.